The SMILES string of the molecule is Cc1c(C(=O)N2CC(C(=O)O)C(c3ccccc3)C2)[nH]c2c1C(=O)CCC2. The van der Waals surface area contributed by atoms with Crippen LogP contribution in [0.1, 0.15) is 56.4 Å². The van der Waals surface area contributed by atoms with Crippen LogP contribution in [0.25, 0.3) is 0 Å². The third-order valence-electron chi connectivity index (χ3n) is 5.80. The molecule has 1 fully saturated rings. The van der Waals surface area contributed by atoms with Gasteiger partial charge in [0, 0.05) is 36.7 Å². The molecule has 6 nitrogen and oxygen atoms in total. The Morgan fingerprint density at radius 2 is 1.89 bits per heavy atom. The number of aliphatic carboxylic acids is 1. The third-order valence-corrected chi connectivity index (χ3v) is 5.80. The molecule has 2 aliphatic rings. The molecule has 1 saturated heterocycles. The first kappa shape index (κ1) is 17.5. The number of carboxylic acids is 1. The maximum absolute atomic E-state index is 13.1. The predicted octanol–water partition coefficient (Wildman–Crippen LogP) is 2.78. The van der Waals surface area contributed by atoms with E-state index in [0.29, 0.717) is 29.8 Å². The van der Waals surface area contributed by atoms with Crippen molar-refractivity contribution >= 4 is 17.7 Å². The summed E-state index contributed by atoms with van der Waals surface area (Å²) in [6, 6.07) is 9.47. The Balaban J connectivity index is 1.64. The molecule has 0 saturated carbocycles. The molecule has 2 N–H and O–H groups in total. The second kappa shape index (κ2) is 6.68. The van der Waals surface area contributed by atoms with Gasteiger partial charge in [0.05, 0.1) is 5.92 Å². The molecule has 2 unspecified atom stereocenters. The van der Waals surface area contributed by atoms with E-state index in [2.05, 4.69) is 4.98 Å². The molecule has 1 aliphatic heterocycles. The molecule has 1 aromatic carbocycles. The summed E-state index contributed by atoms with van der Waals surface area (Å²) in [6.07, 6.45) is 2.07. The van der Waals surface area contributed by atoms with Crippen molar-refractivity contribution < 1.29 is 19.5 Å². The van der Waals surface area contributed by atoms with Gasteiger partial charge in [-0.2, -0.15) is 0 Å². The minimum atomic E-state index is -0.892. The molecule has 2 atom stereocenters. The number of benzene rings is 1. The summed E-state index contributed by atoms with van der Waals surface area (Å²) >= 11 is 0. The van der Waals surface area contributed by atoms with Gasteiger partial charge in [0.25, 0.3) is 5.91 Å². The number of carbonyl (C=O) groups is 3. The molecular formula is C21H22N2O4. The summed E-state index contributed by atoms with van der Waals surface area (Å²) in [5.74, 6) is -1.91. The lowest BCUT2D eigenvalue weighted by molar-refractivity contribution is -0.141. The Hall–Kier alpha value is -2.89. The largest absolute Gasteiger partial charge is 0.481 e. The van der Waals surface area contributed by atoms with Crippen molar-refractivity contribution in [2.75, 3.05) is 13.1 Å². The van der Waals surface area contributed by atoms with Gasteiger partial charge in [-0.3, -0.25) is 14.4 Å². The number of rotatable bonds is 3. The first-order chi connectivity index (χ1) is 13.0. The monoisotopic (exact) mass is 366 g/mol. The lowest BCUT2D eigenvalue weighted by atomic mass is 9.89. The highest BCUT2D eigenvalue weighted by Crippen LogP contribution is 2.35. The van der Waals surface area contributed by atoms with Crippen LogP contribution in [-0.4, -0.2) is 45.7 Å². The third kappa shape index (κ3) is 2.95. The van der Waals surface area contributed by atoms with Crippen LogP contribution in [0.4, 0.5) is 0 Å². The molecule has 0 radical (unpaired) electrons. The Labute approximate surface area is 157 Å². The van der Waals surface area contributed by atoms with Crippen molar-refractivity contribution in [3.8, 4) is 0 Å². The summed E-state index contributed by atoms with van der Waals surface area (Å²) in [5.41, 5.74) is 3.53. The van der Waals surface area contributed by atoms with E-state index < -0.39 is 11.9 Å². The van der Waals surface area contributed by atoms with Gasteiger partial charge in [-0.25, -0.2) is 0 Å². The average Bonchev–Trinajstić information content (AvgIpc) is 3.25. The highest BCUT2D eigenvalue weighted by atomic mass is 16.4. The fourth-order valence-corrected chi connectivity index (χ4v) is 4.40. The topological polar surface area (TPSA) is 90.5 Å². The lowest BCUT2D eigenvalue weighted by Crippen LogP contribution is -2.30. The number of Topliss-reactive ketones (excluding diaryl/α,β-unsaturated/α-hetero) is 1. The molecule has 0 spiro atoms. The second-order valence-corrected chi connectivity index (χ2v) is 7.43. The van der Waals surface area contributed by atoms with E-state index in [1.807, 2.05) is 30.3 Å². The smallest absolute Gasteiger partial charge is 0.308 e. The number of amides is 1. The molecule has 1 aromatic heterocycles. The first-order valence-electron chi connectivity index (χ1n) is 9.29. The van der Waals surface area contributed by atoms with Crippen LogP contribution in [0.2, 0.25) is 0 Å². The maximum Gasteiger partial charge on any atom is 0.308 e. The summed E-state index contributed by atoms with van der Waals surface area (Å²) < 4.78 is 0. The molecular weight excluding hydrogens is 344 g/mol. The number of aryl methyl sites for hydroxylation is 1. The number of aromatic nitrogens is 1. The number of aromatic amines is 1. The molecule has 140 valence electrons. The zero-order valence-electron chi connectivity index (χ0n) is 15.2. The highest BCUT2D eigenvalue weighted by Gasteiger charge is 2.41. The van der Waals surface area contributed by atoms with Gasteiger partial charge in [0.1, 0.15) is 5.69 Å². The van der Waals surface area contributed by atoms with E-state index in [-0.39, 0.29) is 24.2 Å². The molecule has 0 bridgehead atoms. The van der Waals surface area contributed by atoms with Crippen LogP contribution in [0.5, 0.6) is 0 Å². The number of nitrogens with one attached hydrogen (secondary N) is 1. The van der Waals surface area contributed by atoms with Crippen molar-refractivity contribution in [3.63, 3.8) is 0 Å². The van der Waals surface area contributed by atoms with Crippen LogP contribution in [0.3, 0.4) is 0 Å². The summed E-state index contributed by atoms with van der Waals surface area (Å²) in [4.78, 5) is 41.9. The number of hydrogen-bond acceptors (Lipinski definition) is 3. The summed E-state index contributed by atoms with van der Waals surface area (Å²) in [7, 11) is 0. The summed E-state index contributed by atoms with van der Waals surface area (Å²) in [6.45, 7) is 2.33. The fourth-order valence-electron chi connectivity index (χ4n) is 4.40. The number of ketones is 1. The second-order valence-electron chi connectivity index (χ2n) is 7.43. The Bertz CT molecular complexity index is 916. The molecule has 1 aliphatic carbocycles. The van der Waals surface area contributed by atoms with Crippen LogP contribution >= 0.6 is 0 Å². The van der Waals surface area contributed by atoms with Gasteiger partial charge in [-0.15, -0.1) is 0 Å². The summed E-state index contributed by atoms with van der Waals surface area (Å²) in [5, 5.41) is 9.65. The van der Waals surface area contributed by atoms with Crippen LogP contribution in [0, 0.1) is 12.8 Å². The van der Waals surface area contributed by atoms with E-state index in [0.717, 1.165) is 24.1 Å². The number of hydrogen-bond donors (Lipinski definition) is 2. The molecule has 1 amide bonds. The maximum atomic E-state index is 13.1. The number of H-pyrrole nitrogens is 1. The zero-order chi connectivity index (χ0) is 19.1. The van der Waals surface area contributed by atoms with Gasteiger partial charge < -0.3 is 15.0 Å². The van der Waals surface area contributed by atoms with Gasteiger partial charge in [-0.05, 0) is 30.9 Å². The van der Waals surface area contributed by atoms with E-state index >= 15 is 0 Å². The van der Waals surface area contributed by atoms with E-state index in [9.17, 15) is 19.5 Å². The lowest BCUT2D eigenvalue weighted by Gasteiger charge is -2.16. The minimum absolute atomic E-state index is 0.0797. The molecule has 2 aromatic rings. The van der Waals surface area contributed by atoms with Crippen molar-refractivity contribution in [1.29, 1.82) is 0 Å². The standard InChI is InChI=1S/C21H22N2O4/c1-12-18-16(8-5-9-17(18)24)22-19(12)20(25)23-10-14(15(11-23)21(26)27)13-6-3-2-4-7-13/h2-4,6-7,14-15,22H,5,8-11H2,1H3,(H,26,27). The van der Waals surface area contributed by atoms with Gasteiger partial charge in [0.15, 0.2) is 5.78 Å². The minimum Gasteiger partial charge on any atom is -0.481 e. The van der Waals surface area contributed by atoms with Crippen LogP contribution < -0.4 is 0 Å². The average molecular weight is 366 g/mol. The molecule has 4 rings (SSSR count). The predicted molar refractivity (Wildman–Crippen MR) is 99.0 cm³/mol. The number of likely N-dealkylation sites (tertiary alicyclic amines) is 1. The number of carboxylic acid groups (broad SMARTS) is 1. The molecule has 6 heteroatoms. The van der Waals surface area contributed by atoms with E-state index in [4.69, 9.17) is 0 Å². The van der Waals surface area contributed by atoms with Crippen molar-refractivity contribution in [3.05, 3.63) is 58.4 Å². The van der Waals surface area contributed by atoms with Crippen LogP contribution in [0.15, 0.2) is 30.3 Å². The highest BCUT2D eigenvalue weighted by molar-refractivity contribution is 6.04. The number of nitrogens with zero attached hydrogens (tertiary/aromatic N) is 1. The normalized spacial score (nSPS) is 22.0. The quantitative estimate of drug-likeness (QED) is 0.874. The Morgan fingerprint density at radius 3 is 2.56 bits per heavy atom. The van der Waals surface area contributed by atoms with Crippen molar-refractivity contribution in [2.45, 2.75) is 32.1 Å². The van der Waals surface area contributed by atoms with E-state index in [1.165, 1.54) is 0 Å². The number of carbonyl (C=O) groups excluding carboxylic acids is 2. The Morgan fingerprint density at radius 1 is 1.15 bits per heavy atom. The van der Waals surface area contributed by atoms with Crippen molar-refractivity contribution in [2.24, 2.45) is 5.92 Å². The van der Waals surface area contributed by atoms with Gasteiger partial charge in [-0.1, -0.05) is 30.3 Å². The van der Waals surface area contributed by atoms with Crippen LogP contribution in [-0.2, 0) is 11.2 Å². The first-order valence-corrected chi connectivity index (χ1v) is 9.29. The number of fused-ring (bicyclic) bond motifs is 1. The fraction of sp³-hybridized carbons (Fsp3) is 0.381. The van der Waals surface area contributed by atoms with Gasteiger partial charge >= 0.3 is 5.97 Å². The van der Waals surface area contributed by atoms with Crippen molar-refractivity contribution in [1.82, 2.24) is 9.88 Å². The van der Waals surface area contributed by atoms with Gasteiger partial charge in [0.2, 0.25) is 0 Å². The zero-order valence-corrected chi connectivity index (χ0v) is 15.2. The molecule has 2 heterocycles. The Kier molecular flexibility index (Phi) is 4.34. The molecule has 27 heavy (non-hydrogen) atoms. The van der Waals surface area contributed by atoms with E-state index in [1.54, 1.807) is 11.8 Å².